The highest BCUT2D eigenvalue weighted by Gasteiger charge is 2.28. The molecule has 1 atom stereocenters. The van der Waals surface area contributed by atoms with Crippen LogP contribution in [-0.2, 0) is 22.4 Å². The van der Waals surface area contributed by atoms with Gasteiger partial charge in [0.15, 0.2) is 0 Å². The maximum Gasteiger partial charge on any atom is 0.317 e. The van der Waals surface area contributed by atoms with Gasteiger partial charge in [0.2, 0.25) is 0 Å². The lowest BCUT2D eigenvalue weighted by Crippen LogP contribution is -2.20. The maximum absolute atomic E-state index is 12.6. The molecule has 0 aliphatic carbocycles. The third kappa shape index (κ3) is 3.31. The minimum absolute atomic E-state index is 0.193. The second-order valence-electron chi connectivity index (χ2n) is 5.94. The standard InChI is InChI=1S/C21H26O2/c1-6-16-13-14(3)15(4)19(18(16)7-2)20(21(22)23-5)17-11-9-8-10-12-17/h8-13,20H,6-7H2,1-5H3. The molecule has 2 heteroatoms. The topological polar surface area (TPSA) is 26.3 Å². The molecule has 0 spiro atoms. The molecular weight excluding hydrogens is 284 g/mol. The number of carbonyl (C=O) groups is 1. The first-order valence-electron chi connectivity index (χ1n) is 8.29. The van der Waals surface area contributed by atoms with Gasteiger partial charge in [-0.25, -0.2) is 0 Å². The fourth-order valence-corrected chi connectivity index (χ4v) is 3.38. The van der Waals surface area contributed by atoms with Crippen LogP contribution in [0.5, 0.6) is 0 Å². The van der Waals surface area contributed by atoms with Gasteiger partial charge in [0.25, 0.3) is 0 Å². The number of hydrogen-bond donors (Lipinski definition) is 0. The third-order valence-corrected chi connectivity index (χ3v) is 4.69. The summed E-state index contributed by atoms with van der Waals surface area (Å²) in [6, 6.07) is 12.2. The van der Waals surface area contributed by atoms with Crippen molar-refractivity contribution < 1.29 is 9.53 Å². The minimum atomic E-state index is -0.360. The zero-order valence-corrected chi connectivity index (χ0v) is 14.8. The summed E-state index contributed by atoms with van der Waals surface area (Å²) >= 11 is 0. The molecule has 0 aliphatic rings. The Morgan fingerprint density at radius 3 is 2.26 bits per heavy atom. The minimum Gasteiger partial charge on any atom is -0.468 e. The fourth-order valence-electron chi connectivity index (χ4n) is 3.38. The predicted octanol–water partition coefficient (Wildman–Crippen LogP) is 4.73. The van der Waals surface area contributed by atoms with Gasteiger partial charge in [-0.1, -0.05) is 50.2 Å². The Bertz CT molecular complexity index is 687. The van der Waals surface area contributed by atoms with Gasteiger partial charge in [-0.3, -0.25) is 4.79 Å². The van der Waals surface area contributed by atoms with Crippen LogP contribution < -0.4 is 0 Å². The molecule has 0 aliphatic heterocycles. The van der Waals surface area contributed by atoms with E-state index in [1.165, 1.54) is 29.4 Å². The largest absolute Gasteiger partial charge is 0.468 e. The van der Waals surface area contributed by atoms with Crippen LogP contribution in [0.2, 0.25) is 0 Å². The number of benzene rings is 2. The first-order chi connectivity index (χ1) is 11.0. The number of methoxy groups -OCH3 is 1. The fraction of sp³-hybridized carbons (Fsp3) is 0.381. The van der Waals surface area contributed by atoms with Crippen LogP contribution in [0.4, 0.5) is 0 Å². The van der Waals surface area contributed by atoms with Crippen LogP contribution in [0.25, 0.3) is 0 Å². The number of hydrogen-bond acceptors (Lipinski definition) is 2. The van der Waals surface area contributed by atoms with Crippen molar-refractivity contribution in [1.29, 1.82) is 0 Å². The first kappa shape index (κ1) is 17.3. The summed E-state index contributed by atoms with van der Waals surface area (Å²) in [6.07, 6.45) is 1.89. The Morgan fingerprint density at radius 2 is 1.74 bits per heavy atom. The van der Waals surface area contributed by atoms with Crippen molar-refractivity contribution >= 4 is 5.97 Å². The summed E-state index contributed by atoms with van der Waals surface area (Å²) in [7, 11) is 1.47. The van der Waals surface area contributed by atoms with Crippen LogP contribution >= 0.6 is 0 Å². The van der Waals surface area contributed by atoms with Gasteiger partial charge in [-0.2, -0.15) is 0 Å². The zero-order chi connectivity index (χ0) is 17.0. The Labute approximate surface area is 139 Å². The van der Waals surface area contributed by atoms with E-state index in [4.69, 9.17) is 4.74 Å². The molecule has 0 bridgehead atoms. The molecule has 0 amide bonds. The number of ether oxygens (including phenoxy) is 1. The highest BCUT2D eigenvalue weighted by atomic mass is 16.5. The van der Waals surface area contributed by atoms with E-state index in [1.807, 2.05) is 30.3 Å². The average Bonchev–Trinajstić information content (AvgIpc) is 2.59. The van der Waals surface area contributed by atoms with Crippen molar-refractivity contribution in [2.75, 3.05) is 7.11 Å². The molecule has 0 N–H and O–H groups in total. The lowest BCUT2D eigenvalue weighted by Gasteiger charge is -2.24. The van der Waals surface area contributed by atoms with Crippen molar-refractivity contribution in [3.63, 3.8) is 0 Å². The van der Waals surface area contributed by atoms with Crippen LogP contribution in [0.3, 0.4) is 0 Å². The lowest BCUT2D eigenvalue weighted by molar-refractivity contribution is -0.141. The van der Waals surface area contributed by atoms with Gasteiger partial charge < -0.3 is 4.74 Å². The maximum atomic E-state index is 12.6. The predicted molar refractivity (Wildman–Crippen MR) is 95.0 cm³/mol. The van der Waals surface area contributed by atoms with E-state index in [0.29, 0.717) is 0 Å². The normalized spacial score (nSPS) is 12.0. The Kier molecular flexibility index (Phi) is 5.59. The van der Waals surface area contributed by atoms with Crippen molar-refractivity contribution in [3.8, 4) is 0 Å². The van der Waals surface area contributed by atoms with Crippen molar-refractivity contribution in [2.24, 2.45) is 0 Å². The van der Waals surface area contributed by atoms with Crippen LogP contribution in [0, 0.1) is 13.8 Å². The molecule has 2 nitrogen and oxygen atoms in total. The molecule has 0 fully saturated rings. The van der Waals surface area contributed by atoms with E-state index in [9.17, 15) is 4.79 Å². The van der Waals surface area contributed by atoms with E-state index >= 15 is 0 Å². The lowest BCUT2D eigenvalue weighted by atomic mass is 9.80. The molecule has 0 heterocycles. The van der Waals surface area contributed by atoms with Crippen molar-refractivity contribution in [3.05, 3.63) is 69.8 Å². The van der Waals surface area contributed by atoms with Crippen LogP contribution in [-0.4, -0.2) is 13.1 Å². The van der Waals surface area contributed by atoms with E-state index < -0.39 is 0 Å². The molecule has 2 aromatic carbocycles. The molecular formula is C21H26O2. The molecule has 0 radical (unpaired) electrons. The molecule has 23 heavy (non-hydrogen) atoms. The van der Waals surface area contributed by atoms with E-state index in [1.54, 1.807) is 0 Å². The summed E-state index contributed by atoms with van der Waals surface area (Å²) in [5, 5.41) is 0. The van der Waals surface area contributed by atoms with Gasteiger partial charge in [0, 0.05) is 0 Å². The Morgan fingerprint density at radius 1 is 1.09 bits per heavy atom. The Balaban J connectivity index is 2.77. The van der Waals surface area contributed by atoms with Gasteiger partial charge in [-0.15, -0.1) is 0 Å². The summed E-state index contributed by atoms with van der Waals surface area (Å²) in [5.74, 6) is -0.553. The Hall–Kier alpha value is -2.09. The second kappa shape index (κ2) is 7.45. The summed E-state index contributed by atoms with van der Waals surface area (Å²) < 4.78 is 5.15. The van der Waals surface area contributed by atoms with E-state index in [2.05, 4.69) is 33.8 Å². The molecule has 2 aromatic rings. The van der Waals surface area contributed by atoms with Gasteiger partial charge in [0.1, 0.15) is 5.92 Å². The van der Waals surface area contributed by atoms with Crippen LogP contribution in [0.15, 0.2) is 36.4 Å². The summed E-state index contributed by atoms with van der Waals surface area (Å²) in [4.78, 5) is 12.6. The molecule has 1 unspecified atom stereocenters. The highest BCUT2D eigenvalue weighted by molar-refractivity contribution is 5.83. The summed E-state index contributed by atoms with van der Waals surface area (Å²) in [5.41, 5.74) is 7.16. The first-order valence-corrected chi connectivity index (χ1v) is 8.29. The average molecular weight is 310 g/mol. The van der Waals surface area contributed by atoms with E-state index in [-0.39, 0.29) is 11.9 Å². The summed E-state index contributed by atoms with van der Waals surface area (Å²) in [6.45, 7) is 8.56. The highest BCUT2D eigenvalue weighted by Crippen LogP contribution is 2.35. The van der Waals surface area contributed by atoms with Crippen molar-refractivity contribution in [1.82, 2.24) is 0 Å². The second-order valence-corrected chi connectivity index (χ2v) is 5.94. The quantitative estimate of drug-likeness (QED) is 0.746. The molecule has 0 saturated carbocycles. The van der Waals surface area contributed by atoms with Gasteiger partial charge in [-0.05, 0) is 60.1 Å². The smallest absolute Gasteiger partial charge is 0.317 e. The molecule has 0 saturated heterocycles. The number of aryl methyl sites for hydroxylation is 2. The third-order valence-electron chi connectivity index (χ3n) is 4.69. The van der Waals surface area contributed by atoms with Gasteiger partial charge >= 0.3 is 5.97 Å². The zero-order valence-electron chi connectivity index (χ0n) is 14.8. The molecule has 0 aromatic heterocycles. The van der Waals surface area contributed by atoms with Crippen LogP contribution in [0.1, 0.15) is 53.1 Å². The number of carbonyl (C=O) groups excluding carboxylic acids is 1. The van der Waals surface area contributed by atoms with E-state index in [0.717, 1.165) is 24.0 Å². The monoisotopic (exact) mass is 310 g/mol. The molecule has 2 rings (SSSR count). The number of esters is 1. The van der Waals surface area contributed by atoms with Gasteiger partial charge in [0.05, 0.1) is 7.11 Å². The number of rotatable bonds is 5. The van der Waals surface area contributed by atoms with Crippen molar-refractivity contribution in [2.45, 2.75) is 46.5 Å². The SMILES string of the molecule is CCc1cc(C)c(C)c(C(C(=O)OC)c2ccccc2)c1CC. The molecule has 122 valence electrons.